The van der Waals surface area contributed by atoms with Gasteiger partial charge in [0.25, 0.3) is 5.91 Å². The smallest absolute Gasteiger partial charge is 0.419 e. The third-order valence-electron chi connectivity index (χ3n) is 4.14. The second-order valence-electron chi connectivity index (χ2n) is 5.97. The normalized spacial score (nSPS) is 17.4. The summed E-state index contributed by atoms with van der Waals surface area (Å²) < 4.78 is 63.1. The van der Waals surface area contributed by atoms with Crippen molar-refractivity contribution in [3.63, 3.8) is 0 Å². The van der Waals surface area contributed by atoms with Crippen LogP contribution in [0.2, 0.25) is 0 Å². The predicted molar refractivity (Wildman–Crippen MR) is 88.3 cm³/mol. The lowest BCUT2D eigenvalue weighted by atomic mass is 10.1. The van der Waals surface area contributed by atoms with E-state index >= 15 is 0 Å². The number of benzene rings is 2. The van der Waals surface area contributed by atoms with E-state index in [1.807, 2.05) is 6.92 Å². The van der Waals surface area contributed by atoms with E-state index in [9.17, 15) is 22.4 Å². The summed E-state index contributed by atoms with van der Waals surface area (Å²) in [6, 6.07) is 9.65. The lowest BCUT2D eigenvalue weighted by Gasteiger charge is -2.25. The molecule has 2 aromatic rings. The Morgan fingerprint density at radius 1 is 1.22 bits per heavy atom. The Morgan fingerprint density at radius 3 is 2.63 bits per heavy atom. The molecule has 1 unspecified atom stereocenters. The van der Waals surface area contributed by atoms with Gasteiger partial charge in [-0.05, 0) is 30.7 Å². The van der Waals surface area contributed by atoms with E-state index in [0.29, 0.717) is 24.0 Å². The number of halogens is 4. The molecule has 8 heteroatoms. The van der Waals surface area contributed by atoms with Crippen LogP contribution in [0, 0.1) is 5.82 Å². The number of alkyl halides is 3. The second-order valence-corrected chi connectivity index (χ2v) is 5.97. The highest BCUT2D eigenvalue weighted by Gasteiger charge is 2.36. The lowest BCUT2D eigenvalue weighted by molar-refractivity contribution is -0.140. The van der Waals surface area contributed by atoms with Crippen molar-refractivity contribution < 1.29 is 31.8 Å². The maximum Gasteiger partial charge on any atom is 0.419 e. The van der Waals surface area contributed by atoms with Crippen LogP contribution in [0.5, 0.6) is 5.75 Å². The van der Waals surface area contributed by atoms with E-state index in [1.54, 1.807) is 24.3 Å². The van der Waals surface area contributed by atoms with Gasteiger partial charge in [0, 0.05) is 12.1 Å². The van der Waals surface area contributed by atoms with Crippen LogP contribution in [-0.4, -0.2) is 24.0 Å². The minimum Gasteiger partial charge on any atom is -0.493 e. The van der Waals surface area contributed by atoms with Crippen LogP contribution in [0.25, 0.3) is 0 Å². The van der Waals surface area contributed by atoms with Gasteiger partial charge in [0.2, 0.25) is 0 Å². The highest BCUT2D eigenvalue weighted by molar-refractivity contribution is 5.79. The van der Waals surface area contributed by atoms with Gasteiger partial charge in [-0.2, -0.15) is 13.2 Å². The molecule has 0 aliphatic carbocycles. The molecule has 1 aliphatic rings. The highest BCUT2D eigenvalue weighted by atomic mass is 19.4. The molecule has 1 amide bonds. The van der Waals surface area contributed by atoms with Crippen LogP contribution in [0.3, 0.4) is 0 Å². The zero-order valence-electron chi connectivity index (χ0n) is 14.4. The molecule has 27 heavy (non-hydrogen) atoms. The van der Waals surface area contributed by atoms with Gasteiger partial charge in [-0.3, -0.25) is 4.79 Å². The van der Waals surface area contributed by atoms with Gasteiger partial charge in [0.1, 0.15) is 18.2 Å². The van der Waals surface area contributed by atoms with Gasteiger partial charge in [-0.1, -0.05) is 24.3 Å². The number of para-hydroxylation sites is 1. The summed E-state index contributed by atoms with van der Waals surface area (Å²) in [6.45, 7) is 1.98. The third-order valence-corrected chi connectivity index (χ3v) is 4.14. The number of nitrogens with zero attached hydrogens (tertiary/aromatic N) is 1. The van der Waals surface area contributed by atoms with Gasteiger partial charge in [-0.15, -0.1) is 0 Å². The largest absolute Gasteiger partial charge is 0.493 e. The molecule has 1 fully saturated rings. The molecule has 2 aromatic carbocycles. The zero-order chi connectivity index (χ0) is 19.6. The summed E-state index contributed by atoms with van der Waals surface area (Å²) in [5.74, 6) is -1.17. The van der Waals surface area contributed by atoms with E-state index in [2.05, 4.69) is 0 Å². The van der Waals surface area contributed by atoms with Crippen molar-refractivity contribution in [3.8, 4) is 5.75 Å². The van der Waals surface area contributed by atoms with Gasteiger partial charge in [0.05, 0.1) is 12.2 Å². The molecular weight excluding hydrogens is 366 g/mol. The van der Waals surface area contributed by atoms with Gasteiger partial charge < -0.3 is 14.4 Å². The SMILES string of the molecule is CCOc1ccccc1C1OCC(=O)N1Cc1ccc(C(F)(F)F)c(F)c1. The predicted octanol–water partition coefficient (Wildman–Crippen LogP) is 4.30. The zero-order valence-corrected chi connectivity index (χ0v) is 14.4. The Bertz CT molecular complexity index is 838. The molecule has 1 aliphatic heterocycles. The molecule has 0 aromatic heterocycles. The summed E-state index contributed by atoms with van der Waals surface area (Å²) >= 11 is 0. The van der Waals surface area contributed by atoms with Crippen LogP contribution in [0.1, 0.15) is 29.8 Å². The Balaban J connectivity index is 1.87. The minimum atomic E-state index is -4.77. The van der Waals surface area contributed by atoms with Gasteiger partial charge in [-0.25, -0.2) is 4.39 Å². The minimum absolute atomic E-state index is 0.0843. The third kappa shape index (κ3) is 4.05. The van der Waals surface area contributed by atoms with E-state index in [0.717, 1.165) is 12.1 Å². The molecular formula is C19H17F4NO3. The molecule has 0 radical (unpaired) electrons. The molecule has 3 rings (SSSR count). The van der Waals surface area contributed by atoms with Crippen molar-refractivity contribution in [1.29, 1.82) is 0 Å². The standard InChI is InChI=1S/C19H17F4NO3/c1-2-26-16-6-4-3-5-13(16)18-24(17(25)11-27-18)10-12-7-8-14(15(20)9-12)19(21,22)23/h3-9,18H,2,10-11H2,1H3. The molecule has 0 spiro atoms. The second kappa shape index (κ2) is 7.56. The number of rotatable bonds is 5. The molecule has 1 saturated heterocycles. The maximum absolute atomic E-state index is 13.8. The Morgan fingerprint density at radius 2 is 1.96 bits per heavy atom. The summed E-state index contributed by atoms with van der Waals surface area (Å²) in [6.07, 6.45) is -5.53. The number of hydrogen-bond acceptors (Lipinski definition) is 3. The Kier molecular flexibility index (Phi) is 5.36. The van der Waals surface area contributed by atoms with Crippen molar-refractivity contribution in [2.75, 3.05) is 13.2 Å². The van der Waals surface area contributed by atoms with Crippen LogP contribution >= 0.6 is 0 Å². The lowest BCUT2D eigenvalue weighted by Crippen LogP contribution is -2.28. The average Bonchev–Trinajstić information content (AvgIpc) is 2.95. The molecule has 0 N–H and O–H groups in total. The van der Waals surface area contributed by atoms with Crippen LogP contribution < -0.4 is 4.74 Å². The maximum atomic E-state index is 13.8. The number of ether oxygens (including phenoxy) is 2. The van der Waals surface area contributed by atoms with Crippen LogP contribution in [-0.2, 0) is 22.3 Å². The summed E-state index contributed by atoms with van der Waals surface area (Å²) in [5.41, 5.74) is -0.482. The topological polar surface area (TPSA) is 38.8 Å². The van der Waals surface area contributed by atoms with Crippen molar-refractivity contribution >= 4 is 5.91 Å². The van der Waals surface area contributed by atoms with Crippen molar-refractivity contribution in [2.45, 2.75) is 25.9 Å². The van der Waals surface area contributed by atoms with Crippen LogP contribution in [0.15, 0.2) is 42.5 Å². The van der Waals surface area contributed by atoms with E-state index in [-0.39, 0.29) is 24.6 Å². The summed E-state index contributed by atoms with van der Waals surface area (Å²) in [5, 5.41) is 0. The monoisotopic (exact) mass is 383 g/mol. The quantitative estimate of drug-likeness (QED) is 0.723. The number of amides is 1. The Labute approximate surface area is 153 Å². The fourth-order valence-electron chi connectivity index (χ4n) is 2.94. The van der Waals surface area contributed by atoms with Crippen LogP contribution in [0.4, 0.5) is 17.6 Å². The fraction of sp³-hybridized carbons (Fsp3) is 0.316. The summed E-state index contributed by atoms with van der Waals surface area (Å²) in [4.78, 5) is 13.6. The molecule has 0 saturated carbocycles. The molecule has 4 nitrogen and oxygen atoms in total. The van der Waals surface area contributed by atoms with Crippen molar-refractivity contribution in [2.24, 2.45) is 0 Å². The van der Waals surface area contributed by atoms with Gasteiger partial charge in [0.15, 0.2) is 6.23 Å². The first-order valence-corrected chi connectivity index (χ1v) is 8.29. The Hall–Kier alpha value is -2.61. The number of carbonyl (C=O) groups is 1. The molecule has 1 heterocycles. The van der Waals surface area contributed by atoms with Crippen molar-refractivity contribution in [1.82, 2.24) is 4.90 Å². The average molecular weight is 383 g/mol. The van der Waals surface area contributed by atoms with E-state index in [1.165, 1.54) is 4.90 Å². The molecule has 144 valence electrons. The fourth-order valence-corrected chi connectivity index (χ4v) is 2.94. The molecule has 1 atom stereocenters. The van der Waals surface area contributed by atoms with E-state index < -0.39 is 23.8 Å². The van der Waals surface area contributed by atoms with E-state index in [4.69, 9.17) is 9.47 Å². The summed E-state index contributed by atoms with van der Waals surface area (Å²) in [7, 11) is 0. The molecule has 0 bridgehead atoms. The number of hydrogen-bond donors (Lipinski definition) is 0. The first kappa shape index (κ1) is 19.2. The highest BCUT2D eigenvalue weighted by Crippen LogP contribution is 2.36. The van der Waals surface area contributed by atoms with Gasteiger partial charge >= 0.3 is 6.18 Å². The first-order valence-electron chi connectivity index (χ1n) is 8.29. The number of carbonyl (C=O) groups excluding carboxylic acids is 1. The first-order chi connectivity index (χ1) is 12.8. The van der Waals surface area contributed by atoms with Crippen molar-refractivity contribution in [3.05, 3.63) is 65.0 Å².